The number of carbonyl (C=O) groups excluding carboxylic acids is 2. The Morgan fingerprint density at radius 2 is 1.93 bits per heavy atom. The van der Waals surface area contributed by atoms with E-state index in [1.807, 2.05) is 31.2 Å². The summed E-state index contributed by atoms with van der Waals surface area (Å²) in [5.41, 5.74) is 1.94. The number of amides is 1. The fourth-order valence-electron chi connectivity index (χ4n) is 3.34. The SMILES string of the molecule is CCCOc1ccccc1[C@@H]1CC(=O)NC(C)=C1C(=O)OCC(CC)CC. The van der Waals surface area contributed by atoms with Crippen LogP contribution in [-0.2, 0) is 14.3 Å². The third-order valence-corrected chi connectivity index (χ3v) is 5.05. The molecule has 148 valence electrons. The Kier molecular flexibility index (Phi) is 7.89. The standard InChI is InChI=1S/C22H31NO4/c1-5-12-26-19-11-9-8-10-17(19)18-13-20(24)23-15(4)21(18)22(25)27-14-16(6-2)7-3/h8-11,16,18H,5-7,12-14H2,1-4H3,(H,23,24)/t18-/m0/s1. The topological polar surface area (TPSA) is 64.6 Å². The van der Waals surface area contributed by atoms with E-state index in [-0.39, 0.29) is 24.2 Å². The first-order chi connectivity index (χ1) is 13.0. The lowest BCUT2D eigenvalue weighted by Gasteiger charge is -2.28. The van der Waals surface area contributed by atoms with Gasteiger partial charge >= 0.3 is 5.97 Å². The predicted molar refractivity (Wildman–Crippen MR) is 105 cm³/mol. The van der Waals surface area contributed by atoms with E-state index in [2.05, 4.69) is 19.2 Å². The Balaban J connectivity index is 2.32. The summed E-state index contributed by atoms with van der Waals surface area (Å²) >= 11 is 0. The minimum absolute atomic E-state index is 0.0978. The fraction of sp³-hybridized carbons (Fsp3) is 0.545. The largest absolute Gasteiger partial charge is 0.493 e. The summed E-state index contributed by atoms with van der Waals surface area (Å²) in [7, 11) is 0. The van der Waals surface area contributed by atoms with Crippen molar-refractivity contribution in [2.45, 2.75) is 59.3 Å². The average molecular weight is 373 g/mol. The van der Waals surface area contributed by atoms with Crippen LogP contribution in [0.25, 0.3) is 0 Å². The highest BCUT2D eigenvalue weighted by Gasteiger charge is 2.34. The molecule has 0 saturated heterocycles. The van der Waals surface area contributed by atoms with E-state index in [4.69, 9.17) is 9.47 Å². The highest BCUT2D eigenvalue weighted by Crippen LogP contribution is 2.38. The summed E-state index contributed by atoms with van der Waals surface area (Å²) in [6, 6.07) is 7.62. The number of benzene rings is 1. The van der Waals surface area contributed by atoms with Gasteiger partial charge in [-0.15, -0.1) is 0 Å². The first-order valence-electron chi connectivity index (χ1n) is 9.91. The van der Waals surface area contributed by atoms with Gasteiger partial charge in [0, 0.05) is 23.6 Å². The van der Waals surface area contributed by atoms with Crippen molar-refractivity contribution in [1.29, 1.82) is 0 Å². The molecule has 0 spiro atoms. The van der Waals surface area contributed by atoms with Gasteiger partial charge in [-0.3, -0.25) is 4.79 Å². The molecule has 1 aromatic rings. The second-order valence-electron chi connectivity index (χ2n) is 7.01. The Labute approximate surface area is 162 Å². The van der Waals surface area contributed by atoms with Crippen molar-refractivity contribution < 1.29 is 19.1 Å². The van der Waals surface area contributed by atoms with Gasteiger partial charge in [0.25, 0.3) is 0 Å². The minimum atomic E-state index is -0.360. The van der Waals surface area contributed by atoms with Crippen LogP contribution >= 0.6 is 0 Å². The first kappa shape index (κ1) is 21.0. The van der Waals surface area contributed by atoms with Crippen LogP contribution in [0.5, 0.6) is 5.75 Å². The van der Waals surface area contributed by atoms with Crippen molar-refractivity contribution in [2.24, 2.45) is 5.92 Å². The number of rotatable bonds is 9. The normalized spacial score (nSPS) is 17.1. The molecule has 0 radical (unpaired) electrons. The number of allylic oxidation sites excluding steroid dienone is 1. The van der Waals surface area contributed by atoms with Gasteiger partial charge in [-0.25, -0.2) is 4.79 Å². The molecule has 0 saturated carbocycles. The van der Waals surface area contributed by atoms with Gasteiger partial charge in [0.15, 0.2) is 0 Å². The molecule has 27 heavy (non-hydrogen) atoms. The zero-order valence-electron chi connectivity index (χ0n) is 16.8. The van der Waals surface area contributed by atoms with Gasteiger partial charge in [0.05, 0.1) is 18.8 Å². The van der Waals surface area contributed by atoms with Gasteiger partial charge < -0.3 is 14.8 Å². The van der Waals surface area contributed by atoms with E-state index >= 15 is 0 Å². The molecule has 1 amide bonds. The molecule has 5 nitrogen and oxygen atoms in total. The van der Waals surface area contributed by atoms with Gasteiger partial charge in [-0.05, 0) is 25.3 Å². The lowest BCUT2D eigenvalue weighted by Crippen LogP contribution is -2.34. The van der Waals surface area contributed by atoms with Crippen molar-refractivity contribution in [2.75, 3.05) is 13.2 Å². The molecule has 5 heteroatoms. The van der Waals surface area contributed by atoms with Crippen molar-refractivity contribution in [3.05, 3.63) is 41.1 Å². The maximum atomic E-state index is 12.9. The molecule has 1 atom stereocenters. The quantitative estimate of drug-likeness (QED) is 0.654. The number of hydrogen-bond acceptors (Lipinski definition) is 4. The molecule has 0 bridgehead atoms. The van der Waals surface area contributed by atoms with E-state index in [0.717, 1.165) is 30.6 Å². The molecule has 0 unspecified atom stereocenters. The zero-order chi connectivity index (χ0) is 19.8. The van der Waals surface area contributed by atoms with Gasteiger partial charge in [0.1, 0.15) is 5.75 Å². The molecular formula is C22H31NO4. The highest BCUT2D eigenvalue weighted by molar-refractivity contribution is 5.96. The van der Waals surface area contributed by atoms with Gasteiger partial charge in [-0.1, -0.05) is 51.8 Å². The van der Waals surface area contributed by atoms with Crippen molar-refractivity contribution in [3.8, 4) is 5.75 Å². The maximum absolute atomic E-state index is 12.9. The highest BCUT2D eigenvalue weighted by atomic mass is 16.5. The first-order valence-corrected chi connectivity index (χ1v) is 9.91. The van der Waals surface area contributed by atoms with Crippen LogP contribution in [0, 0.1) is 5.92 Å². The minimum Gasteiger partial charge on any atom is -0.493 e. The van der Waals surface area contributed by atoms with Crippen LogP contribution in [-0.4, -0.2) is 25.1 Å². The van der Waals surface area contributed by atoms with Crippen LogP contribution in [0.1, 0.15) is 64.9 Å². The van der Waals surface area contributed by atoms with E-state index in [1.54, 1.807) is 6.92 Å². The van der Waals surface area contributed by atoms with Crippen LogP contribution in [0.15, 0.2) is 35.5 Å². The number of para-hydroxylation sites is 1. The van der Waals surface area contributed by atoms with E-state index in [9.17, 15) is 9.59 Å². The second kappa shape index (κ2) is 10.1. The van der Waals surface area contributed by atoms with E-state index in [0.29, 0.717) is 30.4 Å². The lowest BCUT2D eigenvalue weighted by molar-refractivity contribution is -0.141. The predicted octanol–water partition coefficient (Wildman–Crippen LogP) is 4.33. The Morgan fingerprint density at radius 1 is 1.22 bits per heavy atom. The summed E-state index contributed by atoms with van der Waals surface area (Å²) in [5, 5.41) is 2.79. The number of ether oxygens (including phenoxy) is 2. The molecule has 0 aromatic heterocycles. The summed E-state index contributed by atoms with van der Waals surface area (Å²) < 4.78 is 11.5. The molecule has 1 aromatic carbocycles. The number of nitrogens with one attached hydrogen (secondary N) is 1. The molecule has 1 N–H and O–H groups in total. The summed E-state index contributed by atoms with van der Waals surface area (Å²) in [6.07, 6.45) is 3.03. The van der Waals surface area contributed by atoms with E-state index < -0.39 is 0 Å². The molecule has 1 aliphatic rings. The number of carbonyl (C=O) groups is 2. The Bertz CT molecular complexity index is 691. The summed E-state index contributed by atoms with van der Waals surface area (Å²) in [5.74, 6) is 0.263. The van der Waals surface area contributed by atoms with Crippen molar-refractivity contribution in [1.82, 2.24) is 5.32 Å². The van der Waals surface area contributed by atoms with Crippen molar-refractivity contribution >= 4 is 11.9 Å². The van der Waals surface area contributed by atoms with Crippen LogP contribution in [0.2, 0.25) is 0 Å². The third-order valence-electron chi connectivity index (χ3n) is 5.05. The maximum Gasteiger partial charge on any atom is 0.336 e. The number of esters is 1. The molecule has 0 aliphatic carbocycles. The van der Waals surface area contributed by atoms with Crippen molar-refractivity contribution in [3.63, 3.8) is 0 Å². The van der Waals surface area contributed by atoms with Crippen LogP contribution < -0.4 is 10.1 Å². The Hall–Kier alpha value is -2.30. The van der Waals surface area contributed by atoms with Crippen LogP contribution in [0.3, 0.4) is 0 Å². The molecule has 0 fully saturated rings. The fourth-order valence-corrected chi connectivity index (χ4v) is 3.34. The average Bonchev–Trinajstić information content (AvgIpc) is 2.66. The molecule has 1 heterocycles. The summed E-state index contributed by atoms with van der Waals surface area (Å²) in [6.45, 7) is 8.98. The lowest BCUT2D eigenvalue weighted by atomic mass is 9.84. The van der Waals surface area contributed by atoms with Gasteiger partial charge in [0.2, 0.25) is 5.91 Å². The molecule has 1 aliphatic heterocycles. The van der Waals surface area contributed by atoms with Gasteiger partial charge in [-0.2, -0.15) is 0 Å². The van der Waals surface area contributed by atoms with E-state index in [1.165, 1.54) is 0 Å². The third kappa shape index (κ3) is 5.34. The zero-order valence-corrected chi connectivity index (χ0v) is 16.8. The monoisotopic (exact) mass is 373 g/mol. The smallest absolute Gasteiger partial charge is 0.336 e. The summed E-state index contributed by atoms with van der Waals surface area (Å²) in [4.78, 5) is 25.1. The Morgan fingerprint density at radius 3 is 2.59 bits per heavy atom. The molecular weight excluding hydrogens is 342 g/mol. The van der Waals surface area contributed by atoms with Crippen LogP contribution in [0.4, 0.5) is 0 Å². The number of hydrogen-bond donors (Lipinski definition) is 1. The molecule has 2 rings (SSSR count). The second-order valence-corrected chi connectivity index (χ2v) is 7.01.